The smallest absolute Gasteiger partial charge is 0.262 e. The van der Waals surface area contributed by atoms with E-state index in [0.29, 0.717) is 11.3 Å². The number of hydrogen-bond donors (Lipinski definition) is 1. The second kappa shape index (κ2) is 6.08. The van der Waals surface area contributed by atoms with E-state index in [-0.39, 0.29) is 12.1 Å². The molecule has 0 saturated carbocycles. The Morgan fingerprint density at radius 3 is 2.46 bits per heavy atom. The summed E-state index contributed by atoms with van der Waals surface area (Å²) in [6.45, 7) is 1.96. The fourth-order valence-corrected chi connectivity index (χ4v) is 3.43. The van der Waals surface area contributed by atoms with E-state index in [2.05, 4.69) is 11.4 Å². The number of para-hydroxylation sites is 2. The molecule has 4 rings (SSSR count). The van der Waals surface area contributed by atoms with Crippen LogP contribution in [0.25, 0.3) is 0 Å². The number of aromatic nitrogens is 1. The van der Waals surface area contributed by atoms with Crippen molar-refractivity contribution in [3.05, 3.63) is 83.2 Å². The maximum Gasteiger partial charge on any atom is 0.262 e. The molecule has 1 aliphatic heterocycles. The number of benzene rings is 2. The highest BCUT2D eigenvalue weighted by Crippen LogP contribution is 2.38. The first-order valence-electron chi connectivity index (χ1n) is 8.42. The van der Waals surface area contributed by atoms with Gasteiger partial charge in [0.05, 0.1) is 5.56 Å². The van der Waals surface area contributed by atoms with E-state index < -0.39 is 0 Å². The lowest BCUT2D eigenvalue weighted by Gasteiger charge is -2.38. The van der Waals surface area contributed by atoms with E-state index in [1.54, 1.807) is 4.90 Å². The predicted molar refractivity (Wildman–Crippen MR) is 101 cm³/mol. The third kappa shape index (κ3) is 2.35. The van der Waals surface area contributed by atoms with Crippen LogP contribution in [0.1, 0.15) is 33.5 Å². The highest BCUT2D eigenvalue weighted by molar-refractivity contribution is 6.12. The molecular weight excluding hydrogens is 324 g/mol. The predicted octanol–water partition coefficient (Wildman–Crippen LogP) is 3.98. The van der Waals surface area contributed by atoms with Gasteiger partial charge in [-0.05, 0) is 37.3 Å². The average molecular weight is 342 g/mol. The summed E-state index contributed by atoms with van der Waals surface area (Å²) in [4.78, 5) is 15.0. The molecule has 1 N–H and O–H groups in total. The van der Waals surface area contributed by atoms with Crippen LogP contribution in [0.15, 0.2) is 60.7 Å². The van der Waals surface area contributed by atoms with Crippen LogP contribution in [-0.4, -0.2) is 10.5 Å². The zero-order chi connectivity index (χ0) is 18.3. The summed E-state index contributed by atoms with van der Waals surface area (Å²) in [5, 5.41) is 12.9. The van der Waals surface area contributed by atoms with Gasteiger partial charge in [-0.15, -0.1) is 0 Å². The van der Waals surface area contributed by atoms with Crippen LogP contribution >= 0.6 is 0 Å². The Morgan fingerprint density at radius 1 is 1.08 bits per heavy atom. The Labute approximate surface area is 152 Å². The zero-order valence-corrected chi connectivity index (χ0v) is 14.6. The number of amides is 1. The van der Waals surface area contributed by atoms with Crippen LogP contribution < -0.4 is 10.2 Å². The Balaban J connectivity index is 1.91. The van der Waals surface area contributed by atoms with E-state index in [0.717, 1.165) is 22.6 Å². The Morgan fingerprint density at radius 2 is 1.77 bits per heavy atom. The van der Waals surface area contributed by atoms with Gasteiger partial charge in [0.25, 0.3) is 5.91 Å². The number of carbonyl (C=O) groups excluding carboxylic acids is 1. The first-order valence-corrected chi connectivity index (χ1v) is 8.42. The van der Waals surface area contributed by atoms with Gasteiger partial charge in [0.1, 0.15) is 17.9 Å². The number of nitrogens with one attached hydrogen (secondary N) is 1. The van der Waals surface area contributed by atoms with Gasteiger partial charge in [-0.25, -0.2) is 0 Å². The summed E-state index contributed by atoms with van der Waals surface area (Å²) >= 11 is 0. The molecule has 1 aromatic heterocycles. The normalized spacial score (nSPS) is 16.0. The van der Waals surface area contributed by atoms with Crippen molar-refractivity contribution in [1.82, 2.24) is 4.57 Å². The lowest BCUT2D eigenvalue weighted by Crippen LogP contribution is -2.43. The van der Waals surface area contributed by atoms with Gasteiger partial charge in [-0.2, -0.15) is 5.26 Å². The molecule has 5 heteroatoms. The Kier molecular flexibility index (Phi) is 3.74. The van der Waals surface area contributed by atoms with Crippen molar-refractivity contribution in [1.29, 1.82) is 5.26 Å². The van der Waals surface area contributed by atoms with Gasteiger partial charge in [0, 0.05) is 29.7 Å². The van der Waals surface area contributed by atoms with Crippen molar-refractivity contribution >= 4 is 17.3 Å². The second-order valence-corrected chi connectivity index (χ2v) is 6.34. The van der Waals surface area contributed by atoms with Crippen molar-refractivity contribution < 1.29 is 4.79 Å². The van der Waals surface area contributed by atoms with Crippen molar-refractivity contribution in [2.75, 3.05) is 10.2 Å². The van der Waals surface area contributed by atoms with Gasteiger partial charge in [-0.1, -0.05) is 30.3 Å². The molecule has 0 radical (unpaired) electrons. The van der Waals surface area contributed by atoms with Crippen molar-refractivity contribution in [2.45, 2.75) is 13.1 Å². The molecule has 1 amide bonds. The summed E-state index contributed by atoms with van der Waals surface area (Å²) in [6, 6.07) is 21.2. The minimum absolute atomic E-state index is 0.0580. The quantitative estimate of drug-likeness (QED) is 0.766. The molecule has 2 heterocycles. The molecule has 0 aliphatic carbocycles. The van der Waals surface area contributed by atoms with Crippen LogP contribution in [0.2, 0.25) is 0 Å². The van der Waals surface area contributed by atoms with Crippen LogP contribution in [-0.2, 0) is 7.05 Å². The van der Waals surface area contributed by atoms with Gasteiger partial charge in [0.2, 0.25) is 0 Å². The number of anilines is 2. The van der Waals surface area contributed by atoms with E-state index in [1.165, 1.54) is 0 Å². The van der Waals surface area contributed by atoms with Crippen LogP contribution in [0, 0.1) is 18.3 Å². The lowest BCUT2D eigenvalue weighted by atomic mass is 10.0. The maximum atomic E-state index is 13.3. The summed E-state index contributed by atoms with van der Waals surface area (Å²) in [5.41, 5.74) is 4.69. The number of carbonyl (C=O) groups is 1. The first-order chi connectivity index (χ1) is 12.6. The molecule has 1 atom stereocenters. The first kappa shape index (κ1) is 16.0. The molecule has 128 valence electrons. The molecule has 0 unspecified atom stereocenters. The zero-order valence-electron chi connectivity index (χ0n) is 14.6. The summed E-state index contributed by atoms with van der Waals surface area (Å²) in [6.07, 6.45) is -0.381. The number of rotatable bonds is 2. The molecule has 0 spiro atoms. The van der Waals surface area contributed by atoms with Crippen molar-refractivity contribution in [3.63, 3.8) is 0 Å². The van der Waals surface area contributed by atoms with E-state index in [1.807, 2.05) is 79.2 Å². The fourth-order valence-electron chi connectivity index (χ4n) is 3.43. The standard InChI is InChI=1S/C21H18N4O/c1-14-18(12-16(13-22)24(14)2)20-23-19-11-7-6-10-17(19)21(26)25(20)15-8-4-3-5-9-15/h3-12,20,23H,1-2H3/t20-/m1/s1. The molecular formula is C21H18N4O. The molecule has 0 saturated heterocycles. The highest BCUT2D eigenvalue weighted by atomic mass is 16.2. The minimum atomic E-state index is -0.381. The Hall–Kier alpha value is -3.52. The summed E-state index contributed by atoms with van der Waals surface area (Å²) in [5.74, 6) is -0.0580. The van der Waals surface area contributed by atoms with Gasteiger partial charge in [-0.3, -0.25) is 9.69 Å². The fraction of sp³-hybridized carbons (Fsp3) is 0.143. The maximum absolute atomic E-state index is 13.3. The van der Waals surface area contributed by atoms with Crippen molar-refractivity contribution in [3.8, 4) is 6.07 Å². The lowest BCUT2D eigenvalue weighted by molar-refractivity contribution is 0.0975. The molecule has 2 aromatic carbocycles. The minimum Gasteiger partial charge on any atom is -0.360 e. The molecule has 3 aromatic rings. The van der Waals surface area contributed by atoms with E-state index in [9.17, 15) is 10.1 Å². The summed E-state index contributed by atoms with van der Waals surface area (Å²) < 4.78 is 1.85. The van der Waals surface area contributed by atoms with Crippen LogP contribution in [0.3, 0.4) is 0 Å². The van der Waals surface area contributed by atoms with E-state index in [4.69, 9.17) is 0 Å². The average Bonchev–Trinajstić information content (AvgIpc) is 2.97. The van der Waals surface area contributed by atoms with Crippen LogP contribution in [0.5, 0.6) is 0 Å². The number of fused-ring (bicyclic) bond motifs is 1. The Bertz CT molecular complexity index is 1030. The molecule has 5 nitrogen and oxygen atoms in total. The molecule has 1 aliphatic rings. The highest BCUT2D eigenvalue weighted by Gasteiger charge is 2.35. The number of nitrogens with zero attached hydrogens (tertiary/aromatic N) is 3. The number of hydrogen-bond acceptors (Lipinski definition) is 3. The molecule has 0 bridgehead atoms. The van der Waals surface area contributed by atoms with Crippen molar-refractivity contribution in [2.24, 2.45) is 7.05 Å². The SMILES string of the molecule is Cc1c([C@@H]2Nc3ccccc3C(=O)N2c2ccccc2)cc(C#N)n1C. The largest absolute Gasteiger partial charge is 0.360 e. The van der Waals surface area contributed by atoms with Crippen LogP contribution in [0.4, 0.5) is 11.4 Å². The van der Waals surface area contributed by atoms with E-state index >= 15 is 0 Å². The molecule has 26 heavy (non-hydrogen) atoms. The topological polar surface area (TPSA) is 61.1 Å². The second-order valence-electron chi connectivity index (χ2n) is 6.34. The van der Waals surface area contributed by atoms with Gasteiger partial charge < -0.3 is 9.88 Å². The monoisotopic (exact) mass is 342 g/mol. The van der Waals surface area contributed by atoms with Gasteiger partial charge >= 0.3 is 0 Å². The third-order valence-corrected chi connectivity index (χ3v) is 4.94. The van der Waals surface area contributed by atoms with Gasteiger partial charge in [0.15, 0.2) is 0 Å². The summed E-state index contributed by atoms with van der Waals surface area (Å²) in [7, 11) is 1.86. The molecule has 0 fully saturated rings. The third-order valence-electron chi connectivity index (χ3n) is 4.94. The number of nitriles is 1.